The van der Waals surface area contributed by atoms with Crippen molar-refractivity contribution in [2.75, 3.05) is 18.0 Å². The van der Waals surface area contributed by atoms with Crippen LogP contribution in [0.5, 0.6) is 0 Å². The molecule has 25 heavy (non-hydrogen) atoms. The van der Waals surface area contributed by atoms with Gasteiger partial charge in [0.15, 0.2) is 0 Å². The van der Waals surface area contributed by atoms with Gasteiger partial charge >= 0.3 is 0 Å². The zero-order valence-corrected chi connectivity index (χ0v) is 15.7. The van der Waals surface area contributed by atoms with Gasteiger partial charge in [-0.15, -0.1) is 0 Å². The molecule has 1 atom stereocenters. The number of amides is 1. The molecule has 0 bridgehead atoms. The van der Waals surface area contributed by atoms with E-state index in [0.717, 1.165) is 56.8 Å². The first-order valence-electron chi connectivity index (χ1n) is 9.64. The van der Waals surface area contributed by atoms with E-state index in [2.05, 4.69) is 53.8 Å². The predicted molar refractivity (Wildman–Crippen MR) is 103 cm³/mol. The average molecular weight is 342 g/mol. The summed E-state index contributed by atoms with van der Waals surface area (Å²) in [7, 11) is 0. The second-order valence-electron chi connectivity index (χ2n) is 7.13. The Bertz CT molecular complexity index is 716. The van der Waals surface area contributed by atoms with Gasteiger partial charge in [0.1, 0.15) is 0 Å². The van der Waals surface area contributed by atoms with Crippen LogP contribution in [0.4, 0.5) is 5.95 Å². The quantitative estimate of drug-likeness (QED) is 0.873. The summed E-state index contributed by atoms with van der Waals surface area (Å²) < 4.78 is 2.33. The van der Waals surface area contributed by atoms with E-state index >= 15 is 0 Å². The molecule has 0 radical (unpaired) electrons. The highest BCUT2D eigenvalue weighted by Gasteiger charge is 2.27. The summed E-state index contributed by atoms with van der Waals surface area (Å²) >= 11 is 0. The number of hydrogen-bond acceptors (Lipinski definition) is 3. The number of fused-ring (bicyclic) bond motifs is 1. The maximum Gasteiger partial charge on any atom is 0.223 e. The Kier molecular flexibility index (Phi) is 5.61. The van der Waals surface area contributed by atoms with Crippen molar-refractivity contribution >= 4 is 22.9 Å². The van der Waals surface area contributed by atoms with Crippen LogP contribution in [0.2, 0.25) is 0 Å². The van der Waals surface area contributed by atoms with Crippen LogP contribution in [0.3, 0.4) is 0 Å². The van der Waals surface area contributed by atoms with Crippen molar-refractivity contribution < 1.29 is 4.79 Å². The number of carbonyl (C=O) groups excluding carboxylic acids is 1. The van der Waals surface area contributed by atoms with Gasteiger partial charge in [-0.25, -0.2) is 4.98 Å². The number of rotatable bonds is 6. The molecule has 2 aromatic rings. The van der Waals surface area contributed by atoms with Crippen molar-refractivity contribution in [1.29, 1.82) is 0 Å². The summed E-state index contributed by atoms with van der Waals surface area (Å²) in [4.78, 5) is 19.6. The minimum Gasteiger partial charge on any atom is -0.353 e. The Balaban J connectivity index is 1.71. The monoisotopic (exact) mass is 342 g/mol. The molecule has 0 spiro atoms. The normalized spacial score (nSPS) is 17.0. The number of benzene rings is 1. The highest BCUT2D eigenvalue weighted by atomic mass is 16.1. The van der Waals surface area contributed by atoms with Crippen molar-refractivity contribution in [2.45, 2.75) is 59.0 Å². The minimum atomic E-state index is 0.134. The van der Waals surface area contributed by atoms with E-state index in [4.69, 9.17) is 4.98 Å². The number of nitrogens with zero attached hydrogens (tertiary/aromatic N) is 3. The van der Waals surface area contributed by atoms with Crippen LogP contribution in [0, 0.1) is 5.92 Å². The number of nitrogens with one attached hydrogen (secondary N) is 1. The minimum absolute atomic E-state index is 0.134. The zero-order chi connectivity index (χ0) is 17.8. The molecule has 1 N–H and O–H groups in total. The van der Waals surface area contributed by atoms with Gasteiger partial charge in [-0.1, -0.05) is 26.0 Å². The van der Waals surface area contributed by atoms with Gasteiger partial charge in [0.25, 0.3) is 0 Å². The molecular weight excluding hydrogens is 312 g/mol. The molecular formula is C20H30N4O. The van der Waals surface area contributed by atoms with E-state index < -0.39 is 0 Å². The molecule has 1 aliphatic heterocycles. The fourth-order valence-electron chi connectivity index (χ4n) is 3.55. The Morgan fingerprint density at radius 3 is 2.68 bits per heavy atom. The maximum atomic E-state index is 12.4. The number of aryl methyl sites for hydroxylation is 1. The summed E-state index contributed by atoms with van der Waals surface area (Å²) in [5, 5.41) is 3.13. The van der Waals surface area contributed by atoms with E-state index in [1.807, 2.05) is 6.07 Å². The van der Waals surface area contributed by atoms with Gasteiger partial charge in [0.05, 0.1) is 11.0 Å². The van der Waals surface area contributed by atoms with E-state index in [-0.39, 0.29) is 17.9 Å². The van der Waals surface area contributed by atoms with Crippen LogP contribution in [0.15, 0.2) is 24.3 Å². The molecule has 1 aliphatic rings. The number of hydrogen-bond donors (Lipinski definition) is 1. The van der Waals surface area contributed by atoms with Crippen molar-refractivity contribution in [3.63, 3.8) is 0 Å². The van der Waals surface area contributed by atoms with Crippen LogP contribution >= 0.6 is 0 Å². The Morgan fingerprint density at radius 2 is 2.00 bits per heavy atom. The first kappa shape index (κ1) is 17.8. The second-order valence-corrected chi connectivity index (χ2v) is 7.13. The number of aromatic nitrogens is 2. The lowest BCUT2D eigenvalue weighted by molar-refractivity contribution is -0.126. The number of para-hydroxylation sites is 2. The average Bonchev–Trinajstić information content (AvgIpc) is 3.01. The topological polar surface area (TPSA) is 50.2 Å². The molecule has 5 heteroatoms. The van der Waals surface area contributed by atoms with Gasteiger partial charge in [-0.3, -0.25) is 4.79 Å². The van der Waals surface area contributed by atoms with Gasteiger partial charge in [0.2, 0.25) is 11.9 Å². The maximum absolute atomic E-state index is 12.4. The summed E-state index contributed by atoms with van der Waals surface area (Å²) in [6.07, 6.45) is 3.86. The number of carbonyl (C=O) groups is 1. The van der Waals surface area contributed by atoms with Crippen molar-refractivity contribution in [1.82, 2.24) is 14.9 Å². The molecule has 1 aromatic heterocycles. The molecule has 1 fully saturated rings. The fourth-order valence-corrected chi connectivity index (χ4v) is 3.55. The van der Waals surface area contributed by atoms with Crippen LogP contribution < -0.4 is 10.2 Å². The molecule has 2 heterocycles. The highest BCUT2D eigenvalue weighted by Crippen LogP contribution is 2.27. The third kappa shape index (κ3) is 3.80. The third-order valence-corrected chi connectivity index (χ3v) is 5.23. The zero-order valence-electron chi connectivity index (χ0n) is 15.7. The molecule has 3 rings (SSSR count). The summed E-state index contributed by atoms with van der Waals surface area (Å²) in [5.41, 5.74) is 2.26. The number of anilines is 1. The molecule has 0 aliphatic carbocycles. The Labute approximate surface area is 150 Å². The van der Waals surface area contributed by atoms with Gasteiger partial charge < -0.3 is 14.8 Å². The largest absolute Gasteiger partial charge is 0.353 e. The van der Waals surface area contributed by atoms with E-state index in [0.29, 0.717) is 0 Å². The van der Waals surface area contributed by atoms with Crippen LogP contribution in [-0.2, 0) is 11.3 Å². The highest BCUT2D eigenvalue weighted by molar-refractivity contribution is 5.80. The Morgan fingerprint density at radius 1 is 1.28 bits per heavy atom. The van der Waals surface area contributed by atoms with E-state index in [1.165, 1.54) is 5.52 Å². The third-order valence-electron chi connectivity index (χ3n) is 5.23. The molecule has 0 unspecified atom stereocenters. The lowest BCUT2D eigenvalue weighted by atomic mass is 9.95. The summed E-state index contributed by atoms with van der Waals surface area (Å²) in [6, 6.07) is 8.61. The first-order valence-corrected chi connectivity index (χ1v) is 9.64. The molecule has 1 amide bonds. The second kappa shape index (κ2) is 7.89. The van der Waals surface area contributed by atoms with E-state index in [9.17, 15) is 4.79 Å². The van der Waals surface area contributed by atoms with Crippen LogP contribution in [0.1, 0.15) is 46.5 Å². The number of imidazole rings is 1. The van der Waals surface area contributed by atoms with Gasteiger partial charge in [-0.2, -0.15) is 0 Å². The smallest absolute Gasteiger partial charge is 0.223 e. The summed E-state index contributed by atoms with van der Waals surface area (Å²) in [5.74, 6) is 1.41. The van der Waals surface area contributed by atoms with Gasteiger partial charge in [0, 0.05) is 31.6 Å². The van der Waals surface area contributed by atoms with Crippen molar-refractivity contribution in [3.8, 4) is 0 Å². The molecule has 136 valence electrons. The molecule has 5 nitrogen and oxygen atoms in total. The molecule has 0 saturated carbocycles. The molecule has 1 saturated heterocycles. The fraction of sp³-hybridized carbons (Fsp3) is 0.600. The van der Waals surface area contributed by atoms with Crippen LogP contribution in [0.25, 0.3) is 11.0 Å². The Hall–Kier alpha value is -2.04. The lowest BCUT2D eigenvalue weighted by Crippen LogP contribution is -2.43. The van der Waals surface area contributed by atoms with E-state index in [1.54, 1.807) is 0 Å². The van der Waals surface area contributed by atoms with Crippen molar-refractivity contribution in [3.05, 3.63) is 24.3 Å². The van der Waals surface area contributed by atoms with Crippen molar-refractivity contribution in [2.24, 2.45) is 5.92 Å². The van der Waals surface area contributed by atoms with Gasteiger partial charge in [-0.05, 0) is 44.7 Å². The number of piperidine rings is 1. The first-order chi connectivity index (χ1) is 12.1. The molecule has 1 aromatic carbocycles. The SMILES string of the molecule is CCCn1c(N2CCC(C(=O)N[C@H](C)CC)CC2)nc2ccccc21. The summed E-state index contributed by atoms with van der Waals surface area (Å²) in [6.45, 7) is 9.14. The van der Waals surface area contributed by atoms with Crippen LogP contribution in [-0.4, -0.2) is 34.6 Å². The predicted octanol–water partition coefficient (Wildman–Crippen LogP) is 3.58. The standard InChI is InChI=1S/C20H30N4O/c1-4-12-24-18-9-7-6-8-17(18)22-20(24)23-13-10-16(11-14-23)19(25)21-15(3)5-2/h6-9,15-16H,4-5,10-14H2,1-3H3,(H,21,25)/t15-/m1/s1. The lowest BCUT2D eigenvalue weighted by Gasteiger charge is -2.32.